The summed E-state index contributed by atoms with van der Waals surface area (Å²) in [5.74, 6) is 0.848. The van der Waals surface area contributed by atoms with Gasteiger partial charge >= 0.3 is 0 Å². The zero-order valence-corrected chi connectivity index (χ0v) is 9.89. The second-order valence-corrected chi connectivity index (χ2v) is 3.86. The molecule has 0 atom stereocenters. The van der Waals surface area contributed by atoms with Crippen molar-refractivity contribution in [1.29, 1.82) is 0 Å². The Labute approximate surface area is 101 Å². The molecule has 2 nitrogen and oxygen atoms in total. The average molecular weight is 228 g/mol. The summed E-state index contributed by atoms with van der Waals surface area (Å²) in [6, 6.07) is 16.1. The van der Waals surface area contributed by atoms with Gasteiger partial charge in [0.2, 0.25) is 0 Å². The Bertz CT molecular complexity index is 492. The molecule has 0 bridgehead atoms. The predicted octanol–water partition coefficient (Wildman–Crippen LogP) is 2.90. The van der Waals surface area contributed by atoms with E-state index in [9.17, 15) is 0 Å². The molecule has 2 heteroatoms. The van der Waals surface area contributed by atoms with E-state index in [2.05, 4.69) is 12.1 Å². The van der Waals surface area contributed by atoms with Gasteiger partial charge in [-0.15, -0.1) is 0 Å². The Hall–Kier alpha value is -1.80. The highest BCUT2D eigenvalue weighted by molar-refractivity contribution is 5.68. The van der Waals surface area contributed by atoms with Crippen molar-refractivity contribution < 1.29 is 9.84 Å². The fourth-order valence-electron chi connectivity index (χ4n) is 1.93. The molecule has 17 heavy (non-hydrogen) atoms. The summed E-state index contributed by atoms with van der Waals surface area (Å²) in [5.41, 5.74) is 3.43. The zero-order chi connectivity index (χ0) is 12.1. The van der Waals surface area contributed by atoms with Crippen LogP contribution in [0.2, 0.25) is 0 Å². The van der Waals surface area contributed by atoms with E-state index in [0.29, 0.717) is 6.42 Å². The van der Waals surface area contributed by atoms with Crippen molar-refractivity contribution in [2.24, 2.45) is 0 Å². The van der Waals surface area contributed by atoms with Crippen LogP contribution in [-0.4, -0.2) is 18.8 Å². The minimum Gasteiger partial charge on any atom is -0.497 e. The van der Waals surface area contributed by atoms with E-state index in [-0.39, 0.29) is 6.61 Å². The molecule has 0 aliphatic rings. The van der Waals surface area contributed by atoms with Crippen molar-refractivity contribution in [2.75, 3.05) is 13.7 Å². The number of rotatable bonds is 4. The van der Waals surface area contributed by atoms with Crippen LogP contribution < -0.4 is 4.74 Å². The fourth-order valence-corrected chi connectivity index (χ4v) is 1.93. The first-order chi connectivity index (χ1) is 8.35. The highest BCUT2D eigenvalue weighted by Crippen LogP contribution is 2.27. The van der Waals surface area contributed by atoms with Gasteiger partial charge in [-0.25, -0.2) is 0 Å². The van der Waals surface area contributed by atoms with Crippen molar-refractivity contribution in [2.45, 2.75) is 6.42 Å². The van der Waals surface area contributed by atoms with E-state index < -0.39 is 0 Å². The Morgan fingerprint density at radius 3 is 2.65 bits per heavy atom. The molecule has 2 aromatic rings. The summed E-state index contributed by atoms with van der Waals surface area (Å²) in [6.07, 6.45) is 0.674. The molecule has 0 saturated heterocycles. The van der Waals surface area contributed by atoms with Crippen LogP contribution in [0.1, 0.15) is 5.56 Å². The first kappa shape index (κ1) is 11.7. The molecule has 0 aromatic heterocycles. The van der Waals surface area contributed by atoms with Gasteiger partial charge < -0.3 is 9.84 Å². The smallest absolute Gasteiger partial charge is 0.119 e. The monoisotopic (exact) mass is 228 g/mol. The molecule has 0 unspecified atom stereocenters. The van der Waals surface area contributed by atoms with E-state index in [1.807, 2.05) is 36.4 Å². The van der Waals surface area contributed by atoms with Gasteiger partial charge in [0, 0.05) is 6.61 Å². The standard InChI is InChI=1S/C15H16O2/c1-17-14-7-4-6-13(11-14)15-8-3-2-5-12(15)9-10-16/h2-8,11,16H,9-10H2,1H3. The minimum absolute atomic E-state index is 0.168. The number of aliphatic hydroxyl groups excluding tert-OH is 1. The van der Waals surface area contributed by atoms with Gasteiger partial charge in [0.05, 0.1) is 7.11 Å². The third kappa shape index (κ3) is 2.66. The molecule has 0 heterocycles. The van der Waals surface area contributed by atoms with Crippen LogP contribution in [0.3, 0.4) is 0 Å². The van der Waals surface area contributed by atoms with Gasteiger partial charge in [-0.05, 0) is 35.2 Å². The summed E-state index contributed by atoms with van der Waals surface area (Å²) in [4.78, 5) is 0. The SMILES string of the molecule is COc1cccc(-c2ccccc2CCO)c1. The normalized spacial score (nSPS) is 10.2. The molecule has 1 N–H and O–H groups in total. The maximum absolute atomic E-state index is 9.07. The summed E-state index contributed by atoms with van der Waals surface area (Å²) in [6.45, 7) is 0.168. The second-order valence-electron chi connectivity index (χ2n) is 3.86. The highest BCUT2D eigenvalue weighted by atomic mass is 16.5. The van der Waals surface area contributed by atoms with Crippen LogP contribution >= 0.6 is 0 Å². The van der Waals surface area contributed by atoms with Crippen LogP contribution in [0.4, 0.5) is 0 Å². The topological polar surface area (TPSA) is 29.5 Å². The van der Waals surface area contributed by atoms with Crippen LogP contribution in [0.25, 0.3) is 11.1 Å². The molecule has 2 aromatic carbocycles. The molecule has 0 aliphatic heterocycles. The summed E-state index contributed by atoms with van der Waals surface area (Å²) < 4.78 is 5.23. The van der Waals surface area contributed by atoms with Gasteiger partial charge in [-0.3, -0.25) is 0 Å². The van der Waals surface area contributed by atoms with Gasteiger partial charge in [-0.1, -0.05) is 36.4 Å². The van der Waals surface area contributed by atoms with E-state index in [0.717, 1.165) is 22.4 Å². The molecular formula is C15H16O2. The van der Waals surface area contributed by atoms with Crippen molar-refractivity contribution >= 4 is 0 Å². The summed E-state index contributed by atoms with van der Waals surface area (Å²) in [5, 5.41) is 9.07. The van der Waals surface area contributed by atoms with Crippen LogP contribution in [0.15, 0.2) is 48.5 Å². The molecular weight excluding hydrogens is 212 g/mol. The number of ether oxygens (including phenoxy) is 1. The third-order valence-electron chi connectivity index (χ3n) is 2.78. The molecule has 0 fully saturated rings. The largest absolute Gasteiger partial charge is 0.497 e. The maximum atomic E-state index is 9.07. The maximum Gasteiger partial charge on any atom is 0.119 e. The Kier molecular flexibility index (Phi) is 3.78. The third-order valence-corrected chi connectivity index (χ3v) is 2.78. The van der Waals surface area contributed by atoms with Gasteiger partial charge in [0.25, 0.3) is 0 Å². The Balaban J connectivity index is 2.44. The lowest BCUT2D eigenvalue weighted by molar-refractivity contribution is 0.300. The molecule has 0 radical (unpaired) electrons. The van der Waals surface area contributed by atoms with Crippen LogP contribution in [-0.2, 0) is 6.42 Å². The van der Waals surface area contributed by atoms with Gasteiger partial charge in [-0.2, -0.15) is 0 Å². The predicted molar refractivity (Wildman–Crippen MR) is 69.2 cm³/mol. The number of aliphatic hydroxyl groups is 1. The van der Waals surface area contributed by atoms with E-state index in [4.69, 9.17) is 9.84 Å². The lowest BCUT2D eigenvalue weighted by Gasteiger charge is -2.09. The van der Waals surface area contributed by atoms with Crippen molar-refractivity contribution in [3.63, 3.8) is 0 Å². The van der Waals surface area contributed by atoms with E-state index >= 15 is 0 Å². The molecule has 2 rings (SSSR count). The zero-order valence-electron chi connectivity index (χ0n) is 9.89. The molecule has 0 amide bonds. The first-order valence-corrected chi connectivity index (χ1v) is 5.68. The van der Waals surface area contributed by atoms with Crippen molar-refractivity contribution in [3.05, 3.63) is 54.1 Å². The summed E-state index contributed by atoms with van der Waals surface area (Å²) >= 11 is 0. The number of hydrogen-bond donors (Lipinski definition) is 1. The first-order valence-electron chi connectivity index (χ1n) is 5.68. The van der Waals surface area contributed by atoms with Crippen LogP contribution in [0, 0.1) is 0 Å². The molecule has 88 valence electrons. The quantitative estimate of drug-likeness (QED) is 0.871. The van der Waals surface area contributed by atoms with Gasteiger partial charge in [0.15, 0.2) is 0 Å². The lowest BCUT2D eigenvalue weighted by Crippen LogP contribution is -1.94. The Morgan fingerprint density at radius 2 is 1.88 bits per heavy atom. The minimum atomic E-state index is 0.168. The number of methoxy groups -OCH3 is 1. The second kappa shape index (κ2) is 5.51. The molecule has 0 spiro atoms. The molecule has 0 saturated carbocycles. The average Bonchev–Trinajstić information content (AvgIpc) is 2.40. The van der Waals surface area contributed by atoms with Gasteiger partial charge in [0.1, 0.15) is 5.75 Å². The fraction of sp³-hybridized carbons (Fsp3) is 0.200. The van der Waals surface area contributed by atoms with E-state index in [1.54, 1.807) is 7.11 Å². The highest BCUT2D eigenvalue weighted by Gasteiger charge is 2.04. The molecule has 0 aliphatic carbocycles. The number of hydrogen-bond acceptors (Lipinski definition) is 2. The lowest BCUT2D eigenvalue weighted by atomic mass is 9.98. The van der Waals surface area contributed by atoms with Crippen molar-refractivity contribution in [3.8, 4) is 16.9 Å². The van der Waals surface area contributed by atoms with E-state index in [1.165, 1.54) is 0 Å². The van der Waals surface area contributed by atoms with Crippen molar-refractivity contribution in [1.82, 2.24) is 0 Å². The Morgan fingerprint density at radius 1 is 1.06 bits per heavy atom. The summed E-state index contributed by atoms with van der Waals surface area (Å²) in [7, 11) is 1.67. The van der Waals surface area contributed by atoms with Crippen LogP contribution in [0.5, 0.6) is 5.75 Å². The number of benzene rings is 2.